The Hall–Kier alpha value is -2.57. The summed E-state index contributed by atoms with van der Waals surface area (Å²) in [6.45, 7) is 6.74. The van der Waals surface area contributed by atoms with Crippen molar-refractivity contribution in [2.45, 2.75) is 19.8 Å². The third-order valence-corrected chi connectivity index (χ3v) is 5.66. The third kappa shape index (κ3) is 6.47. The van der Waals surface area contributed by atoms with Crippen LogP contribution >= 0.6 is 11.6 Å². The van der Waals surface area contributed by atoms with Crippen LogP contribution in [0, 0.1) is 0 Å². The van der Waals surface area contributed by atoms with Crippen molar-refractivity contribution in [2.75, 3.05) is 44.6 Å². The third-order valence-electron chi connectivity index (χ3n) is 5.33. The second-order valence-electron chi connectivity index (χ2n) is 7.49. The Balaban J connectivity index is 1.32. The van der Waals surface area contributed by atoms with E-state index in [1.807, 2.05) is 53.4 Å². The van der Waals surface area contributed by atoms with Crippen LogP contribution in [0.2, 0.25) is 5.02 Å². The molecule has 7 heteroatoms. The highest BCUT2D eigenvalue weighted by atomic mass is 35.5. The molecule has 0 spiro atoms. The Morgan fingerprint density at radius 1 is 0.967 bits per heavy atom. The molecule has 0 radical (unpaired) electrons. The van der Waals surface area contributed by atoms with E-state index in [1.165, 1.54) is 0 Å². The van der Waals surface area contributed by atoms with Gasteiger partial charge in [0, 0.05) is 55.9 Å². The Bertz CT molecular complexity index is 849. The summed E-state index contributed by atoms with van der Waals surface area (Å²) in [5.74, 6) is 0.156. The highest BCUT2D eigenvalue weighted by molar-refractivity contribution is 6.33. The van der Waals surface area contributed by atoms with Crippen molar-refractivity contribution in [1.82, 2.24) is 15.1 Å². The summed E-state index contributed by atoms with van der Waals surface area (Å²) in [6.07, 6.45) is 1.94. The maximum atomic E-state index is 12.1. The van der Waals surface area contributed by atoms with Gasteiger partial charge >= 0.3 is 6.03 Å². The van der Waals surface area contributed by atoms with Gasteiger partial charge in [0.25, 0.3) is 0 Å². The first kappa shape index (κ1) is 22.1. The lowest BCUT2D eigenvalue weighted by Gasteiger charge is -2.34. The minimum atomic E-state index is -0.199. The number of benzene rings is 2. The molecule has 1 fully saturated rings. The molecule has 1 heterocycles. The average Bonchev–Trinajstić information content (AvgIpc) is 2.75. The second-order valence-corrected chi connectivity index (χ2v) is 7.90. The van der Waals surface area contributed by atoms with Crippen molar-refractivity contribution in [1.29, 1.82) is 0 Å². The lowest BCUT2D eigenvalue weighted by atomic mass is 10.1. The number of carbonyl (C=O) groups excluding carboxylic acids is 2. The lowest BCUT2D eigenvalue weighted by Crippen LogP contribution is -2.48. The molecular weight excluding hydrogens is 400 g/mol. The van der Waals surface area contributed by atoms with Crippen molar-refractivity contribution in [2.24, 2.45) is 0 Å². The molecule has 160 valence electrons. The number of carbonyl (C=O) groups is 2. The molecule has 0 aromatic heterocycles. The smallest absolute Gasteiger partial charge is 0.319 e. The van der Waals surface area contributed by atoms with Crippen molar-refractivity contribution in [3.63, 3.8) is 0 Å². The van der Waals surface area contributed by atoms with Crippen molar-refractivity contribution in [3.8, 4) is 11.1 Å². The maximum absolute atomic E-state index is 12.1. The minimum absolute atomic E-state index is 0.156. The molecular formula is C23H29ClN4O2. The van der Waals surface area contributed by atoms with Crippen LogP contribution in [0.15, 0.2) is 48.5 Å². The quantitative estimate of drug-likeness (QED) is 0.653. The lowest BCUT2D eigenvalue weighted by molar-refractivity contribution is -0.130. The summed E-state index contributed by atoms with van der Waals surface area (Å²) in [7, 11) is 0. The van der Waals surface area contributed by atoms with Crippen LogP contribution < -0.4 is 10.6 Å². The first-order valence-electron chi connectivity index (χ1n) is 10.4. The predicted octanol–water partition coefficient (Wildman–Crippen LogP) is 4.07. The van der Waals surface area contributed by atoms with Crippen molar-refractivity contribution < 1.29 is 9.59 Å². The molecule has 0 bridgehead atoms. The molecule has 1 aliphatic rings. The molecule has 0 unspecified atom stereocenters. The van der Waals surface area contributed by atoms with Crippen LogP contribution in [-0.2, 0) is 4.79 Å². The van der Waals surface area contributed by atoms with Crippen LogP contribution in [-0.4, -0.2) is 61.0 Å². The molecule has 0 atom stereocenters. The number of hydrogen-bond donors (Lipinski definition) is 2. The molecule has 3 rings (SSSR count). The first-order chi connectivity index (χ1) is 14.5. The van der Waals surface area contributed by atoms with Gasteiger partial charge in [-0.15, -0.1) is 0 Å². The molecule has 6 nitrogen and oxygen atoms in total. The fourth-order valence-corrected chi connectivity index (χ4v) is 3.80. The molecule has 0 saturated carbocycles. The average molecular weight is 429 g/mol. The van der Waals surface area contributed by atoms with Gasteiger partial charge in [0.15, 0.2) is 0 Å². The van der Waals surface area contributed by atoms with Gasteiger partial charge in [-0.05, 0) is 43.1 Å². The van der Waals surface area contributed by atoms with E-state index in [4.69, 9.17) is 11.6 Å². The van der Waals surface area contributed by atoms with Gasteiger partial charge in [-0.3, -0.25) is 9.69 Å². The first-order valence-corrected chi connectivity index (χ1v) is 10.8. The number of nitrogens with one attached hydrogen (secondary N) is 2. The number of piperazine rings is 1. The largest absolute Gasteiger partial charge is 0.340 e. The van der Waals surface area contributed by atoms with Crippen LogP contribution in [0.25, 0.3) is 11.1 Å². The Morgan fingerprint density at radius 3 is 2.33 bits per heavy atom. The Labute approximate surface area is 183 Å². The molecule has 30 heavy (non-hydrogen) atoms. The predicted molar refractivity (Wildman–Crippen MR) is 122 cm³/mol. The van der Waals surface area contributed by atoms with Gasteiger partial charge in [-0.1, -0.05) is 41.9 Å². The normalized spacial score (nSPS) is 14.4. The summed E-state index contributed by atoms with van der Waals surface area (Å²) < 4.78 is 0. The summed E-state index contributed by atoms with van der Waals surface area (Å²) in [5.41, 5.74) is 2.72. The van der Waals surface area contributed by atoms with Gasteiger partial charge in [-0.25, -0.2) is 4.79 Å². The number of unbranched alkanes of at least 4 members (excludes halogenated alkanes) is 1. The Morgan fingerprint density at radius 2 is 1.67 bits per heavy atom. The number of rotatable bonds is 7. The molecule has 0 aliphatic carbocycles. The number of urea groups is 1. The zero-order valence-corrected chi connectivity index (χ0v) is 18.1. The van der Waals surface area contributed by atoms with Crippen LogP contribution in [0.5, 0.6) is 0 Å². The molecule has 2 N–H and O–H groups in total. The fourth-order valence-electron chi connectivity index (χ4n) is 3.55. The molecule has 3 amide bonds. The van der Waals surface area contributed by atoms with E-state index in [1.54, 1.807) is 6.92 Å². The van der Waals surface area contributed by atoms with E-state index in [0.29, 0.717) is 11.6 Å². The van der Waals surface area contributed by atoms with Crippen LogP contribution in [0.1, 0.15) is 19.8 Å². The van der Waals surface area contributed by atoms with E-state index < -0.39 is 0 Å². The van der Waals surface area contributed by atoms with Gasteiger partial charge < -0.3 is 15.5 Å². The van der Waals surface area contributed by atoms with Gasteiger partial charge in [0.05, 0.1) is 0 Å². The van der Waals surface area contributed by atoms with Crippen molar-refractivity contribution in [3.05, 3.63) is 53.6 Å². The number of halogens is 1. The summed E-state index contributed by atoms with van der Waals surface area (Å²) in [4.78, 5) is 27.7. The van der Waals surface area contributed by atoms with E-state index >= 15 is 0 Å². The van der Waals surface area contributed by atoms with Crippen LogP contribution in [0.3, 0.4) is 0 Å². The van der Waals surface area contributed by atoms with Gasteiger partial charge in [0.2, 0.25) is 5.91 Å². The maximum Gasteiger partial charge on any atom is 0.319 e. The molecule has 1 aliphatic heterocycles. The van der Waals surface area contributed by atoms with E-state index in [-0.39, 0.29) is 11.9 Å². The summed E-state index contributed by atoms with van der Waals surface area (Å²) in [5, 5.41) is 6.47. The highest BCUT2D eigenvalue weighted by Gasteiger charge is 2.17. The number of hydrogen-bond acceptors (Lipinski definition) is 3. The van der Waals surface area contributed by atoms with E-state index in [0.717, 1.165) is 62.4 Å². The SMILES string of the molecule is CC(=O)N1CCN(CCCCNC(=O)Nc2ccc(-c3ccccc3Cl)cc2)CC1. The van der Waals surface area contributed by atoms with E-state index in [2.05, 4.69) is 15.5 Å². The van der Waals surface area contributed by atoms with E-state index in [9.17, 15) is 9.59 Å². The Kier molecular flexibility index (Phi) is 8.11. The second kappa shape index (κ2) is 11.0. The highest BCUT2D eigenvalue weighted by Crippen LogP contribution is 2.28. The monoisotopic (exact) mass is 428 g/mol. The molecule has 2 aromatic rings. The zero-order valence-electron chi connectivity index (χ0n) is 17.4. The number of nitrogens with zero attached hydrogens (tertiary/aromatic N) is 2. The zero-order chi connectivity index (χ0) is 21.3. The van der Waals surface area contributed by atoms with Gasteiger partial charge in [-0.2, -0.15) is 0 Å². The van der Waals surface area contributed by atoms with Crippen LogP contribution in [0.4, 0.5) is 10.5 Å². The topological polar surface area (TPSA) is 64.7 Å². The standard InChI is InChI=1S/C23H29ClN4O2/c1-18(29)28-16-14-27(15-17-28)13-5-4-12-25-23(30)26-20-10-8-19(9-11-20)21-6-2-3-7-22(21)24/h2-3,6-11H,4-5,12-17H2,1H3,(H2,25,26,30). The summed E-state index contributed by atoms with van der Waals surface area (Å²) >= 11 is 6.24. The fraction of sp³-hybridized carbons (Fsp3) is 0.391. The van der Waals surface area contributed by atoms with Crippen molar-refractivity contribution >= 4 is 29.2 Å². The minimum Gasteiger partial charge on any atom is -0.340 e. The molecule has 2 aromatic carbocycles. The summed E-state index contributed by atoms with van der Waals surface area (Å²) in [6, 6.07) is 15.1. The number of amides is 3. The number of anilines is 1. The molecule has 1 saturated heterocycles. The van der Waals surface area contributed by atoms with Gasteiger partial charge in [0.1, 0.15) is 0 Å².